The Morgan fingerprint density at radius 2 is 2.47 bits per heavy atom. The smallest absolute Gasteiger partial charge is 0.277 e. The van der Waals surface area contributed by atoms with Crippen molar-refractivity contribution >= 4 is 29.1 Å². The van der Waals surface area contributed by atoms with Gasteiger partial charge in [-0.2, -0.15) is 0 Å². The van der Waals surface area contributed by atoms with Crippen molar-refractivity contribution in [3.05, 3.63) is 21.2 Å². The summed E-state index contributed by atoms with van der Waals surface area (Å²) in [5.41, 5.74) is 0. The van der Waals surface area contributed by atoms with E-state index in [0.717, 1.165) is 9.22 Å². The van der Waals surface area contributed by atoms with Crippen LogP contribution in [0.2, 0.25) is 0 Å². The van der Waals surface area contributed by atoms with Gasteiger partial charge in [-0.05, 0) is 6.26 Å². The molecule has 0 bridgehead atoms. The topological polar surface area (TPSA) is 84.1 Å². The van der Waals surface area contributed by atoms with Gasteiger partial charge >= 0.3 is 0 Å². The molecule has 1 fully saturated rings. The zero-order valence-electron chi connectivity index (χ0n) is 10.5. The maximum Gasteiger partial charge on any atom is 0.277 e. The molecular formula is C9H13N5O3S2. The Labute approximate surface area is 118 Å². The fraction of sp³-hybridized carbons (Fsp3) is 0.556. The van der Waals surface area contributed by atoms with Gasteiger partial charge in [0.2, 0.25) is 0 Å². The highest BCUT2D eigenvalue weighted by Gasteiger charge is 2.25. The van der Waals surface area contributed by atoms with Crippen LogP contribution in [0.1, 0.15) is 4.88 Å². The number of nitrogens with zero attached hydrogens (tertiary/aromatic N) is 5. The maximum atomic E-state index is 10.6. The molecule has 1 saturated heterocycles. The minimum absolute atomic E-state index is 0.281. The van der Waals surface area contributed by atoms with Crippen LogP contribution in [0, 0.1) is 10.1 Å². The Morgan fingerprint density at radius 1 is 1.68 bits per heavy atom. The molecular weight excluding hydrogens is 290 g/mol. The zero-order chi connectivity index (χ0) is 13.8. The molecule has 2 rings (SSSR count). The predicted molar refractivity (Wildman–Crippen MR) is 72.4 cm³/mol. The van der Waals surface area contributed by atoms with Gasteiger partial charge in [-0.1, -0.05) is 11.8 Å². The van der Waals surface area contributed by atoms with E-state index in [9.17, 15) is 10.1 Å². The van der Waals surface area contributed by atoms with Gasteiger partial charge in [0.1, 0.15) is 22.9 Å². The van der Waals surface area contributed by atoms with Gasteiger partial charge in [0, 0.05) is 18.1 Å². The molecule has 0 atom stereocenters. The largest absolute Gasteiger partial charge is 0.341 e. The number of hydrogen-bond acceptors (Lipinski definition) is 6. The summed E-state index contributed by atoms with van der Waals surface area (Å²) in [5.74, 6) is 0.301. The van der Waals surface area contributed by atoms with E-state index < -0.39 is 5.03 Å². The van der Waals surface area contributed by atoms with Crippen molar-refractivity contribution < 1.29 is 9.77 Å². The van der Waals surface area contributed by atoms with E-state index >= 15 is 0 Å². The van der Waals surface area contributed by atoms with Gasteiger partial charge in [0.15, 0.2) is 5.03 Å². The Morgan fingerprint density at radius 3 is 3.11 bits per heavy atom. The van der Waals surface area contributed by atoms with Crippen LogP contribution < -0.4 is 0 Å². The molecule has 0 radical (unpaired) electrons. The highest BCUT2D eigenvalue weighted by atomic mass is 32.2. The lowest BCUT2D eigenvalue weighted by molar-refractivity contribution is -0.486. The minimum Gasteiger partial charge on any atom is -0.341 e. The van der Waals surface area contributed by atoms with E-state index in [-0.39, 0.29) is 6.73 Å². The highest BCUT2D eigenvalue weighted by molar-refractivity contribution is 8.00. The summed E-state index contributed by atoms with van der Waals surface area (Å²) in [5, 5.41) is 13.3. The second-order valence-corrected chi connectivity index (χ2v) is 5.96. The first-order chi connectivity index (χ1) is 9.10. The molecule has 2 heterocycles. The molecule has 19 heavy (non-hydrogen) atoms. The molecule has 104 valence electrons. The summed E-state index contributed by atoms with van der Waals surface area (Å²) in [6.45, 7) is 1.07. The number of hydrogen-bond donors (Lipinski definition) is 0. The number of hydrazone groups is 1. The van der Waals surface area contributed by atoms with Gasteiger partial charge in [-0.3, -0.25) is 0 Å². The van der Waals surface area contributed by atoms with Crippen molar-refractivity contribution in [3.8, 4) is 0 Å². The molecule has 0 spiro atoms. The van der Waals surface area contributed by atoms with Crippen LogP contribution >= 0.6 is 23.1 Å². The molecule has 10 heteroatoms. The molecule has 1 aliphatic rings. The number of rotatable bonds is 4. The number of nitro groups is 1. The van der Waals surface area contributed by atoms with E-state index in [1.807, 2.05) is 6.26 Å². The third-order valence-corrected chi connectivity index (χ3v) is 4.36. The summed E-state index contributed by atoms with van der Waals surface area (Å²) in [6.07, 6.45) is 3.73. The second kappa shape index (κ2) is 6.17. The fourth-order valence-corrected chi connectivity index (χ4v) is 3.09. The standard InChI is InChI=1S/C9H13N5O3S2/c1-12-5-17-6-13(8(12)11-14(15)16)4-7-3-10-9(18-2)19-7/h3H,4-6H2,1-2H3. The summed E-state index contributed by atoms with van der Waals surface area (Å²) >= 11 is 3.13. The molecule has 0 saturated carbocycles. The minimum atomic E-state index is -0.690. The Bertz CT molecular complexity index is 492. The van der Waals surface area contributed by atoms with Gasteiger partial charge in [0.25, 0.3) is 5.96 Å². The number of thioether (sulfide) groups is 1. The Kier molecular flexibility index (Phi) is 4.56. The normalized spacial score (nSPS) is 18.1. The monoisotopic (exact) mass is 303 g/mol. The SMILES string of the molecule is CSc1ncc(CN2COCN(C)C2=N[N+](=O)[O-])s1. The molecule has 8 nitrogen and oxygen atoms in total. The van der Waals surface area contributed by atoms with E-state index in [4.69, 9.17) is 4.74 Å². The van der Waals surface area contributed by atoms with Crippen LogP contribution in [-0.2, 0) is 11.3 Å². The molecule has 1 aliphatic heterocycles. The first-order valence-electron chi connectivity index (χ1n) is 5.35. The molecule has 0 unspecified atom stereocenters. The fourth-order valence-electron chi connectivity index (χ4n) is 1.62. The van der Waals surface area contributed by atoms with E-state index in [0.29, 0.717) is 19.2 Å². The number of aromatic nitrogens is 1. The van der Waals surface area contributed by atoms with Crippen LogP contribution in [0.3, 0.4) is 0 Å². The second-order valence-electron chi connectivity index (χ2n) is 3.79. The van der Waals surface area contributed by atoms with Crippen LogP contribution in [0.25, 0.3) is 0 Å². The molecule has 0 N–H and O–H groups in total. The lowest BCUT2D eigenvalue weighted by atomic mass is 10.5. The zero-order valence-corrected chi connectivity index (χ0v) is 12.1. The van der Waals surface area contributed by atoms with Crippen LogP contribution in [0.15, 0.2) is 15.6 Å². The van der Waals surface area contributed by atoms with Crippen molar-refractivity contribution in [2.24, 2.45) is 5.10 Å². The first kappa shape index (κ1) is 14.0. The van der Waals surface area contributed by atoms with Gasteiger partial charge in [-0.15, -0.1) is 11.3 Å². The summed E-state index contributed by atoms with van der Waals surface area (Å²) < 4.78 is 6.31. The van der Waals surface area contributed by atoms with Gasteiger partial charge in [0.05, 0.1) is 6.54 Å². The molecule has 1 aromatic rings. The summed E-state index contributed by atoms with van der Waals surface area (Å²) in [6, 6.07) is 0. The molecule has 0 amide bonds. The van der Waals surface area contributed by atoms with Crippen molar-refractivity contribution in [1.82, 2.24) is 14.8 Å². The highest BCUT2D eigenvalue weighted by Crippen LogP contribution is 2.23. The Balaban J connectivity index is 2.14. The lowest BCUT2D eigenvalue weighted by Crippen LogP contribution is -2.49. The third kappa shape index (κ3) is 3.55. The molecule has 1 aromatic heterocycles. The van der Waals surface area contributed by atoms with E-state index in [2.05, 4.69) is 10.1 Å². The molecule has 0 aliphatic carbocycles. The van der Waals surface area contributed by atoms with Crippen molar-refractivity contribution in [2.75, 3.05) is 26.8 Å². The maximum absolute atomic E-state index is 10.6. The number of guanidine groups is 1. The molecule has 0 aromatic carbocycles. The van der Waals surface area contributed by atoms with E-state index in [1.165, 1.54) is 0 Å². The predicted octanol–water partition coefficient (Wildman–Crippen LogP) is 1.09. The first-order valence-corrected chi connectivity index (χ1v) is 7.40. The summed E-state index contributed by atoms with van der Waals surface area (Å²) in [7, 11) is 1.70. The van der Waals surface area contributed by atoms with Crippen LogP contribution in [-0.4, -0.2) is 52.5 Å². The van der Waals surface area contributed by atoms with Crippen LogP contribution in [0.5, 0.6) is 0 Å². The van der Waals surface area contributed by atoms with Crippen LogP contribution in [0.4, 0.5) is 0 Å². The third-order valence-electron chi connectivity index (χ3n) is 2.38. The van der Waals surface area contributed by atoms with Crippen molar-refractivity contribution in [2.45, 2.75) is 10.9 Å². The Hall–Kier alpha value is -1.39. The lowest BCUT2D eigenvalue weighted by Gasteiger charge is -2.34. The average Bonchev–Trinajstić information content (AvgIpc) is 2.81. The van der Waals surface area contributed by atoms with Gasteiger partial charge in [-0.25, -0.2) is 15.1 Å². The van der Waals surface area contributed by atoms with Crippen molar-refractivity contribution in [3.63, 3.8) is 0 Å². The number of ether oxygens (including phenoxy) is 1. The van der Waals surface area contributed by atoms with E-state index in [1.54, 1.807) is 46.1 Å². The van der Waals surface area contributed by atoms with Gasteiger partial charge < -0.3 is 14.5 Å². The average molecular weight is 303 g/mol. The van der Waals surface area contributed by atoms with Crippen molar-refractivity contribution in [1.29, 1.82) is 0 Å². The quantitative estimate of drug-likeness (QED) is 0.467. The summed E-state index contributed by atoms with van der Waals surface area (Å²) in [4.78, 5) is 19.1. The number of thiazole rings is 1.